The maximum atomic E-state index is 4.98. The molecule has 0 bridgehead atoms. The molecule has 0 aliphatic heterocycles. The highest BCUT2D eigenvalue weighted by Gasteiger charge is 2.21. The summed E-state index contributed by atoms with van der Waals surface area (Å²) in [6.07, 6.45) is 1.91. The maximum absolute atomic E-state index is 4.98. The third-order valence-corrected chi connectivity index (χ3v) is 4.99. The average molecular weight is 371 g/mol. The number of nitrogens with one attached hydrogen (secondary N) is 1. The molecule has 0 aliphatic carbocycles. The fraction of sp³-hybridized carbons (Fsp3) is 0.250. The molecule has 1 atom stereocenters. The largest absolute Gasteiger partial charge is 0.363 e. The van der Waals surface area contributed by atoms with Crippen molar-refractivity contribution >= 4 is 11.5 Å². The second-order valence-electron chi connectivity index (χ2n) is 8.21. The monoisotopic (exact) mass is 370 g/mol. The van der Waals surface area contributed by atoms with E-state index in [2.05, 4.69) is 80.6 Å². The predicted octanol–water partition coefficient (Wildman–Crippen LogP) is 5.87. The van der Waals surface area contributed by atoms with Gasteiger partial charge in [-0.1, -0.05) is 81.4 Å². The fourth-order valence-corrected chi connectivity index (χ4v) is 3.32. The molecular formula is C24H26N4. The Morgan fingerprint density at radius 3 is 2.21 bits per heavy atom. The highest BCUT2D eigenvalue weighted by Crippen LogP contribution is 2.30. The number of hydrogen-bond donors (Lipinski definition) is 1. The van der Waals surface area contributed by atoms with E-state index in [1.54, 1.807) is 0 Å². The first-order valence-corrected chi connectivity index (χ1v) is 9.69. The van der Waals surface area contributed by atoms with Gasteiger partial charge in [0.25, 0.3) is 0 Å². The van der Waals surface area contributed by atoms with Crippen LogP contribution in [0.2, 0.25) is 0 Å². The quantitative estimate of drug-likeness (QED) is 0.489. The minimum absolute atomic E-state index is 0.0631. The van der Waals surface area contributed by atoms with E-state index in [0.717, 1.165) is 28.3 Å². The molecule has 4 aromatic rings. The molecule has 0 amide bonds. The molecule has 0 spiro atoms. The van der Waals surface area contributed by atoms with Gasteiger partial charge in [0.05, 0.1) is 11.9 Å². The van der Waals surface area contributed by atoms with Gasteiger partial charge >= 0.3 is 0 Å². The lowest BCUT2D eigenvalue weighted by Crippen LogP contribution is -2.17. The zero-order valence-corrected chi connectivity index (χ0v) is 16.8. The molecule has 4 nitrogen and oxygen atoms in total. The molecule has 2 aromatic carbocycles. The van der Waals surface area contributed by atoms with Gasteiger partial charge in [-0.2, -0.15) is 9.61 Å². The third kappa shape index (κ3) is 3.50. The van der Waals surface area contributed by atoms with E-state index in [1.165, 1.54) is 5.56 Å². The summed E-state index contributed by atoms with van der Waals surface area (Å²) in [5.74, 6) is 0.952. The lowest BCUT2D eigenvalue weighted by molar-refractivity contribution is 0.568. The van der Waals surface area contributed by atoms with E-state index in [9.17, 15) is 0 Å². The Bertz CT molecular complexity index is 1080. The van der Waals surface area contributed by atoms with E-state index in [0.29, 0.717) is 0 Å². The van der Waals surface area contributed by atoms with Crippen LogP contribution in [0.25, 0.3) is 16.8 Å². The van der Waals surface area contributed by atoms with Crippen LogP contribution in [0.5, 0.6) is 0 Å². The summed E-state index contributed by atoms with van der Waals surface area (Å²) in [6, 6.07) is 23.0. The van der Waals surface area contributed by atoms with Crippen LogP contribution in [0.1, 0.15) is 45.0 Å². The summed E-state index contributed by atoms with van der Waals surface area (Å²) < 4.78 is 1.91. The number of rotatable bonds is 4. The first-order valence-electron chi connectivity index (χ1n) is 9.69. The molecule has 0 radical (unpaired) electrons. The standard InChI is InChI=1S/C24H26N4/c1-17(18-11-7-5-8-12-18)26-22-15-21(24(2,3)4)27-23-20(16-25-28(22)23)19-13-9-6-10-14-19/h5-17,26H,1-4H3. The lowest BCUT2D eigenvalue weighted by atomic mass is 9.92. The summed E-state index contributed by atoms with van der Waals surface area (Å²) in [6.45, 7) is 8.73. The molecule has 1 N–H and O–H groups in total. The summed E-state index contributed by atoms with van der Waals surface area (Å²) in [7, 11) is 0. The number of benzene rings is 2. The molecule has 28 heavy (non-hydrogen) atoms. The number of hydrogen-bond acceptors (Lipinski definition) is 3. The van der Waals surface area contributed by atoms with Crippen LogP contribution in [-0.2, 0) is 5.41 Å². The number of fused-ring (bicyclic) bond motifs is 1. The van der Waals surface area contributed by atoms with Crippen molar-refractivity contribution in [1.82, 2.24) is 14.6 Å². The van der Waals surface area contributed by atoms with E-state index in [1.807, 2.05) is 35.0 Å². The van der Waals surface area contributed by atoms with Crippen molar-refractivity contribution in [2.24, 2.45) is 0 Å². The molecule has 0 saturated heterocycles. The molecule has 0 saturated carbocycles. The second-order valence-corrected chi connectivity index (χ2v) is 8.21. The van der Waals surface area contributed by atoms with Gasteiger partial charge in [0.1, 0.15) is 5.82 Å². The van der Waals surface area contributed by atoms with Crippen LogP contribution >= 0.6 is 0 Å². The summed E-state index contributed by atoms with van der Waals surface area (Å²) in [4.78, 5) is 4.98. The minimum Gasteiger partial charge on any atom is -0.363 e. The van der Waals surface area contributed by atoms with E-state index < -0.39 is 0 Å². The zero-order chi connectivity index (χ0) is 19.7. The van der Waals surface area contributed by atoms with Crippen molar-refractivity contribution in [3.05, 3.63) is 84.2 Å². The Hall–Kier alpha value is -3.14. The molecule has 0 aliphatic rings. The SMILES string of the molecule is CC(Nc1cc(C(C)(C)C)nc2c(-c3ccccc3)cnn12)c1ccccc1. The van der Waals surface area contributed by atoms with Crippen LogP contribution in [0.4, 0.5) is 5.82 Å². The minimum atomic E-state index is -0.0631. The Morgan fingerprint density at radius 1 is 0.929 bits per heavy atom. The molecule has 4 heteroatoms. The van der Waals surface area contributed by atoms with Crippen LogP contribution < -0.4 is 5.32 Å². The van der Waals surface area contributed by atoms with Crippen molar-refractivity contribution in [3.8, 4) is 11.1 Å². The van der Waals surface area contributed by atoms with Crippen molar-refractivity contribution in [2.75, 3.05) is 5.32 Å². The van der Waals surface area contributed by atoms with Crippen molar-refractivity contribution in [3.63, 3.8) is 0 Å². The predicted molar refractivity (Wildman–Crippen MR) is 116 cm³/mol. The van der Waals surface area contributed by atoms with E-state index >= 15 is 0 Å². The second kappa shape index (κ2) is 7.12. The molecule has 4 rings (SSSR count). The first kappa shape index (κ1) is 18.2. The smallest absolute Gasteiger partial charge is 0.165 e. The van der Waals surface area contributed by atoms with Gasteiger partial charge in [0, 0.05) is 23.1 Å². The van der Waals surface area contributed by atoms with Gasteiger partial charge in [-0.3, -0.25) is 0 Å². The normalized spacial score (nSPS) is 12.9. The molecule has 142 valence electrons. The summed E-state index contributed by atoms with van der Waals surface area (Å²) in [5.41, 5.74) is 5.26. The summed E-state index contributed by atoms with van der Waals surface area (Å²) in [5, 5.41) is 8.30. The fourth-order valence-electron chi connectivity index (χ4n) is 3.32. The van der Waals surface area contributed by atoms with Crippen LogP contribution in [-0.4, -0.2) is 14.6 Å². The van der Waals surface area contributed by atoms with Crippen LogP contribution in [0.3, 0.4) is 0 Å². The van der Waals surface area contributed by atoms with Gasteiger partial charge in [0.15, 0.2) is 5.65 Å². The molecule has 2 heterocycles. The van der Waals surface area contributed by atoms with E-state index in [4.69, 9.17) is 4.98 Å². The Kier molecular flexibility index (Phi) is 4.63. The zero-order valence-electron chi connectivity index (χ0n) is 16.8. The van der Waals surface area contributed by atoms with Gasteiger partial charge < -0.3 is 5.32 Å². The number of aromatic nitrogens is 3. The van der Waals surface area contributed by atoms with Gasteiger partial charge in [-0.05, 0) is 18.1 Å². The Balaban J connectivity index is 1.84. The highest BCUT2D eigenvalue weighted by atomic mass is 15.3. The summed E-state index contributed by atoms with van der Waals surface area (Å²) >= 11 is 0. The van der Waals surface area contributed by atoms with Crippen molar-refractivity contribution in [1.29, 1.82) is 0 Å². The van der Waals surface area contributed by atoms with Crippen LogP contribution in [0, 0.1) is 0 Å². The lowest BCUT2D eigenvalue weighted by Gasteiger charge is -2.22. The Labute approximate surface area is 166 Å². The number of anilines is 1. The molecule has 1 unspecified atom stereocenters. The molecule has 0 fully saturated rings. The van der Waals surface area contributed by atoms with Crippen molar-refractivity contribution < 1.29 is 0 Å². The molecule has 2 aromatic heterocycles. The van der Waals surface area contributed by atoms with Crippen molar-refractivity contribution in [2.45, 2.75) is 39.2 Å². The van der Waals surface area contributed by atoms with Gasteiger partial charge in [-0.15, -0.1) is 0 Å². The van der Waals surface area contributed by atoms with E-state index in [-0.39, 0.29) is 11.5 Å². The maximum Gasteiger partial charge on any atom is 0.165 e. The Morgan fingerprint density at radius 2 is 1.57 bits per heavy atom. The van der Waals surface area contributed by atoms with Gasteiger partial charge in [0.2, 0.25) is 0 Å². The average Bonchev–Trinajstić information content (AvgIpc) is 3.13. The third-order valence-electron chi connectivity index (χ3n) is 4.99. The number of nitrogens with zero attached hydrogens (tertiary/aromatic N) is 3. The topological polar surface area (TPSA) is 42.2 Å². The van der Waals surface area contributed by atoms with Gasteiger partial charge in [-0.25, -0.2) is 4.98 Å². The highest BCUT2D eigenvalue weighted by molar-refractivity contribution is 5.78. The molecular weight excluding hydrogens is 344 g/mol. The van der Waals surface area contributed by atoms with Crippen LogP contribution in [0.15, 0.2) is 72.9 Å². The first-order chi connectivity index (χ1) is 13.4.